The number of hydrogen-bond donors (Lipinski definition) is 2. The summed E-state index contributed by atoms with van der Waals surface area (Å²) in [7, 11) is 0. The van der Waals surface area contributed by atoms with E-state index in [0.717, 1.165) is 55.7 Å². The van der Waals surface area contributed by atoms with E-state index in [9.17, 15) is 0 Å². The fraction of sp³-hybridized carbons (Fsp3) is 0.633. The molecule has 206 valence electrons. The Kier molecular flexibility index (Phi) is 9.26. The molecule has 38 heavy (non-hydrogen) atoms. The van der Waals surface area contributed by atoms with Crippen molar-refractivity contribution in [2.45, 2.75) is 95.4 Å². The number of anilines is 3. The van der Waals surface area contributed by atoms with Crippen molar-refractivity contribution in [2.24, 2.45) is 0 Å². The van der Waals surface area contributed by atoms with Crippen LogP contribution in [0, 0.1) is 0 Å². The second-order valence-corrected chi connectivity index (χ2v) is 12.4. The van der Waals surface area contributed by atoms with Crippen molar-refractivity contribution in [3.63, 3.8) is 0 Å². The number of aromatic nitrogens is 2. The first-order valence-electron chi connectivity index (χ1n) is 14.7. The maximum atomic E-state index is 6.39. The van der Waals surface area contributed by atoms with Gasteiger partial charge in [-0.25, -0.2) is 0 Å². The van der Waals surface area contributed by atoms with Gasteiger partial charge in [0.15, 0.2) is 5.11 Å². The number of thiocarbonyl (C=S) groups is 1. The molecule has 1 aliphatic carbocycles. The summed E-state index contributed by atoms with van der Waals surface area (Å²) in [5.41, 5.74) is 1.35. The molecule has 0 spiro atoms. The Balaban J connectivity index is 1.34. The van der Waals surface area contributed by atoms with Crippen LogP contribution in [0.5, 0.6) is 0 Å². The fourth-order valence-corrected chi connectivity index (χ4v) is 6.89. The second kappa shape index (κ2) is 12.8. The highest BCUT2D eigenvalue weighted by molar-refractivity contribution is 7.80. The van der Waals surface area contributed by atoms with Gasteiger partial charge in [0.05, 0.1) is 0 Å². The maximum absolute atomic E-state index is 6.39. The van der Waals surface area contributed by atoms with Crippen LogP contribution in [0.4, 0.5) is 17.6 Å². The molecule has 2 aliphatic heterocycles. The van der Waals surface area contributed by atoms with Gasteiger partial charge in [0.1, 0.15) is 11.6 Å². The first kappa shape index (κ1) is 27.4. The molecule has 1 atom stereocenters. The van der Waals surface area contributed by atoms with E-state index in [0.29, 0.717) is 17.1 Å². The van der Waals surface area contributed by atoms with Crippen molar-refractivity contribution in [2.75, 3.05) is 41.3 Å². The van der Waals surface area contributed by atoms with Crippen molar-refractivity contribution in [3.8, 4) is 0 Å². The Morgan fingerprint density at radius 1 is 0.947 bits per heavy atom. The number of rotatable bonds is 6. The standard InChI is InChI=1S/C30H43ClN6S/c1-23-12-5-10-19-37(23)27-21-26(36-17-8-2-3-9-18-36)33-28(34-27)35-29(38)32-22-30(15-6-4-7-16-30)24-13-11-14-25(31)20-24/h11,13-14,20-21,23H,2-10,12,15-19,22H2,1H3,(H2,32,33,34,35,38)/t23-/m0/s1. The van der Waals surface area contributed by atoms with Gasteiger partial charge in [0.25, 0.3) is 0 Å². The van der Waals surface area contributed by atoms with Crippen LogP contribution < -0.4 is 20.4 Å². The molecule has 0 unspecified atom stereocenters. The molecule has 0 radical (unpaired) electrons. The molecule has 2 aromatic rings. The minimum Gasteiger partial charge on any atom is -0.361 e. The van der Waals surface area contributed by atoms with Crippen LogP contribution in [0.3, 0.4) is 0 Å². The van der Waals surface area contributed by atoms with Gasteiger partial charge in [-0.2, -0.15) is 9.97 Å². The maximum Gasteiger partial charge on any atom is 0.232 e. The Hall–Kier alpha value is -2.12. The lowest BCUT2D eigenvalue weighted by Crippen LogP contribution is -2.44. The third-order valence-corrected chi connectivity index (χ3v) is 9.27. The van der Waals surface area contributed by atoms with Crippen LogP contribution in [0.1, 0.15) is 89.5 Å². The van der Waals surface area contributed by atoms with Crippen molar-refractivity contribution in [1.82, 2.24) is 15.3 Å². The molecule has 3 heterocycles. The van der Waals surface area contributed by atoms with Gasteiger partial charge in [-0.05, 0) is 81.8 Å². The van der Waals surface area contributed by atoms with Crippen LogP contribution in [0.25, 0.3) is 0 Å². The number of piperidine rings is 1. The SMILES string of the molecule is C[C@H]1CCCCN1c1cc(N2CCCCCC2)nc(NC(=S)NCC2(c3cccc(Cl)c3)CCCCC2)n1. The summed E-state index contributed by atoms with van der Waals surface area (Å²) in [5.74, 6) is 2.62. The van der Waals surface area contributed by atoms with Crippen LogP contribution in [-0.4, -0.2) is 47.3 Å². The van der Waals surface area contributed by atoms with Crippen LogP contribution in [0.15, 0.2) is 30.3 Å². The summed E-state index contributed by atoms with van der Waals surface area (Å²) in [4.78, 5) is 14.8. The lowest BCUT2D eigenvalue weighted by molar-refractivity contribution is 0.292. The van der Waals surface area contributed by atoms with Crippen molar-refractivity contribution >= 4 is 46.5 Å². The minimum absolute atomic E-state index is 0.0397. The van der Waals surface area contributed by atoms with Crippen molar-refractivity contribution < 1.29 is 0 Å². The molecule has 5 rings (SSSR count). The van der Waals surface area contributed by atoms with Crippen LogP contribution in [0.2, 0.25) is 5.02 Å². The smallest absolute Gasteiger partial charge is 0.232 e. The zero-order valence-corrected chi connectivity index (χ0v) is 24.4. The van der Waals surface area contributed by atoms with Gasteiger partial charge in [-0.3, -0.25) is 0 Å². The molecular formula is C30H43ClN6S. The zero-order valence-electron chi connectivity index (χ0n) is 22.9. The molecule has 3 fully saturated rings. The average molecular weight is 555 g/mol. The van der Waals surface area contributed by atoms with Crippen molar-refractivity contribution in [1.29, 1.82) is 0 Å². The molecule has 8 heteroatoms. The van der Waals surface area contributed by atoms with E-state index >= 15 is 0 Å². The number of nitrogens with zero attached hydrogens (tertiary/aromatic N) is 4. The molecule has 1 aromatic carbocycles. The van der Waals surface area contributed by atoms with Gasteiger partial charge in [-0.1, -0.05) is 55.8 Å². The number of nitrogens with one attached hydrogen (secondary N) is 2. The lowest BCUT2D eigenvalue weighted by Gasteiger charge is -2.38. The van der Waals surface area contributed by atoms with Gasteiger partial charge in [-0.15, -0.1) is 0 Å². The largest absolute Gasteiger partial charge is 0.361 e. The molecule has 2 saturated heterocycles. The van der Waals surface area contributed by atoms with E-state index in [1.54, 1.807) is 0 Å². The molecule has 0 bridgehead atoms. The van der Waals surface area contributed by atoms with E-state index in [4.69, 9.17) is 33.8 Å². The topological polar surface area (TPSA) is 56.3 Å². The van der Waals surface area contributed by atoms with E-state index < -0.39 is 0 Å². The summed E-state index contributed by atoms with van der Waals surface area (Å²) in [6, 6.07) is 11.1. The Morgan fingerprint density at radius 3 is 2.39 bits per heavy atom. The Labute approximate surface area is 238 Å². The summed E-state index contributed by atoms with van der Waals surface area (Å²) < 4.78 is 0. The van der Waals surface area contributed by atoms with E-state index in [-0.39, 0.29) is 5.41 Å². The Morgan fingerprint density at radius 2 is 1.66 bits per heavy atom. The Bertz CT molecular complexity index is 1080. The van der Waals surface area contributed by atoms with Crippen molar-refractivity contribution in [3.05, 3.63) is 40.9 Å². The molecule has 3 aliphatic rings. The van der Waals surface area contributed by atoms with E-state index in [1.807, 2.05) is 6.07 Å². The highest BCUT2D eigenvalue weighted by Gasteiger charge is 2.34. The van der Waals surface area contributed by atoms with E-state index in [1.165, 1.54) is 69.8 Å². The third-order valence-electron chi connectivity index (χ3n) is 8.79. The minimum atomic E-state index is 0.0397. The molecule has 6 nitrogen and oxygen atoms in total. The molecule has 2 N–H and O–H groups in total. The molecule has 1 aromatic heterocycles. The average Bonchev–Trinajstić information content (AvgIpc) is 3.22. The predicted octanol–water partition coefficient (Wildman–Crippen LogP) is 7.08. The van der Waals surface area contributed by atoms with Gasteiger partial charge in [0, 0.05) is 48.7 Å². The first-order chi connectivity index (χ1) is 18.5. The summed E-state index contributed by atoms with van der Waals surface area (Å²) in [6.07, 6.45) is 14.8. The number of benzene rings is 1. The first-order valence-corrected chi connectivity index (χ1v) is 15.5. The third kappa shape index (κ3) is 6.71. The number of halogens is 1. The highest BCUT2D eigenvalue weighted by atomic mass is 35.5. The molecular weight excluding hydrogens is 512 g/mol. The normalized spacial score (nSPS) is 22.0. The molecule has 0 amide bonds. The monoisotopic (exact) mass is 554 g/mol. The summed E-state index contributed by atoms with van der Waals surface area (Å²) >= 11 is 12.2. The highest BCUT2D eigenvalue weighted by Crippen LogP contribution is 2.40. The van der Waals surface area contributed by atoms with Crippen LogP contribution >= 0.6 is 23.8 Å². The second-order valence-electron chi connectivity index (χ2n) is 11.5. The van der Waals surface area contributed by atoms with Gasteiger partial charge in [0.2, 0.25) is 5.95 Å². The fourth-order valence-electron chi connectivity index (χ4n) is 6.53. The number of hydrogen-bond acceptors (Lipinski definition) is 5. The quantitative estimate of drug-likeness (QED) is 0.370. The molecule has 1 saturated carbocycles. The lowest BCUT2D eigenvalue weighted by atomic mass is 9.69. The zero-order chi connectivity index (χ0) is 26.4. The van der Waals surface area contributed by atoms with Gasteiger partial charge >= 0.3 is 0 Å². The van der Waals surface area contributed by atoms with E-state index in [2.05, 4.69) is 51.6 Å². The van der Waals surface area contributed by atoms with Gasteiger partial charge < -0.3 is 20.4 Å². The van der Waals surface area contributed by atoms with Crippen LogP contribution in [-0.2, 0) is 5.41 Å². The predicted molar refractivity (Wildman–Crippen MR) is 164 cm³/mol. The summed E-state index contributed by atoms with van der Waals surface area (Å²) in [5, 5.41) is 8.30. The summed E-state index contributed by atoms with van der Waals surface area (Å²) in [6.45, 7) is 6.24.